The minimum absolute atomic E-state index is 0.129. The van der Waals surface area contributed by atoms with Gasteiger partial charge in [-0.3, -0.25) is 4.79 Å². The maximum atomic E-state index is 12.0. The number of para-hydroxylation sites is 1. The summed E-state index contributed by atoms with van der Waals surface area (Å²) in [5.74, 6) is 0.592. The summed E-state index contributed by atoms with van der Waals surface area (Å²) in [5, 5.41) is 4.58. The number of halogens is 1. The van der Waals surface area contributed by atoms with Crippen molar-refractivity contribution in [3.05, 3.63) is 58.1 Å². The maximum Gasteiger partial charge on any atom is 0.277 e. The zero-order valence-corrected chi connectivity index (χ0v) is 18.4. The van der Waals surface area contributed by atoms with Gasteiger partial charge in [0.05, 0.1) is 11.2 Å². The van der Waals surface area contributed by atoms with Gasteiger partial charge in [0.25, 0.3) is 5.91 Å². The van der Waals surface area contributed by atoms with Crippen molar-refractivity contribution in [2.45, 2.75) is 45.6 Å². The zero-order chi connectivity index (χ0) is 21.2. The SMILES string of the molecule is Cc1cc2c(cc1/C=N/NC(=O)COc1ccccc1Cl)[C@H](C)CC(C)(C)N2C. The van der Waals surface area contributed by atoms with Crippen molar-refractivity contribution in [3.63, 3.8) is 0 Å². The van der Waals surface area contributed by atoms with E-state index in [9.17, 15) is 4.79 Å². The Labute approximate surface area is 177 Å². The number of benzene rings is 2. The molecular formula is C23H28ClN3O2. The Bertz CT molecular complexity index is 940. The van der Waals surface area contributed by atoms with E-state index in [1.54, 1.807) is 30.5 Å². The highest BCUT2D eigenvalue weighted by Crippen LogP contribution is 2.43. The Hall–Kier alpha value is -2.53. The molecule has 0 radical (unpaired) electrons. The zero-order valence-electron chi connectivity index (χ0n) is 17.6. The molecule has 1 N–H and O–H groups in total. The molecule has 1 heterocycles. The molecule has 1 atom stereocenters. The number of fused-ring (bicyclic) bond motifs is 1. The van der Waals surface area contributed by atoms with Crippen LogP contribution in [0.1, 0.15) is 49.8 Å². The van der Waals surface area contributed by atoms with E-state index in [0.29, 0.717) is 16.7 Å². The number of carbonyl (C=O) groups is 1. The van der Waals surface area contributed by atoms with Gasteiger partial charge in [0.1, 0.15) is 5.75 Å². The molecule has 0 spiro atoms. The molecule has 0 saturated heterocycles. The molecule has 1 aliphatic heterocycles. The summed E-state index contributed by atoms with van der Waals surface area (Å²) in [7, 11) is 2.15. The summed E-state index contributed by atoms with van der Waals surface area (Å²) in [4.78, 5) is 14.4. The lowest BCUT2D eigenvalue weighted by molar-refractivity contribution is -0.123. The van der Waals surface area contributed by atoms with E-state index in [2.05, 4.69) is 62.3 Å². The van der Waals surface area contributed by atoms with Crippen molar-refractivity contribution in [2.24, 2.45) is 5.10 Å². The molecule has 0 saturated carbocycles. The fourth-order valence-electron chi connectivity index (χ4n) is 3.78. The number of amides is 1. The summed E-state index contributed by atoms with van der Waals surface area (Å²) in [6.07, 6.45) is 2.78. The van der Waals surface area contributed by atoms with Gasteiger partial charge in [-0.2, -0.15) is 5.10 Å². The van der Waals surface area contributed by atoms with Crippen molar-refractivity contribution in [1.29, 1.82) is 0 Å². The van der Waals surface area contributed by atoms with Gasteiger partial charge in [-0.05, 0) is 74.1 Å². The minimum Gasteiger partial charge on any atom is -0.482 e. The highest BCUT2D eigenvalue weighted by atomic mass is 35.5. The van der Waals surface area contributed by atoms with Crippen LogP contribution in [0.4, 0.5) is 5.69 Å². The van der Waals surface area contributed by atoms with Crippen LogP contribution in [0.25, 0.3) is 0 Å². The van der Waals surface area contributed by atoms with Crippen LogP contribution < -0.4 is 15.1 Å². The third-order valence-electron chi connectivity index (χ3n) is 5.61. The number of hydrazone groups is 1. The highest BCUT2D eigenvalue weighted by molar-refractivity contribution is 6.32. The van der Waals surface area contributed by atoms with Crippen LogP contribution in [0.5, 0.6) is 5.75 Å². The Balaban J connectivity index is 1.66. The lowest BCUT2D eigenvalue weighted by Crippen LogP contribution is -2.45. The van der Waals surface area contributed by atoms with Gasteiger partial charge in [0.15, 0.2) is 6.61 Å². The first kappa shape index (κ1) is 21.2. The standard InChI is InChI=1S/C23H28ClN3O2/c1-15-10-20-18(16(2)12-23(3,4)27(20)5)11-17(15)13-25-26-22(28)14-29-21-9-7-6-8-19(21)24/h6-11,13,16H,12,14H2,1-5H3,(H,26,28)/b25-13+/t16-/m1/s1. The average molecular weight is 414 g/mol. The van der Waals surface area contributed by atoms with Crippen LogP contribution in [0.15, 0.2) is 41.5 Å². The first-order chi connectivity index (χ1) is 13.7. The van der Waals surface area contributed by atoms with Crippen LogP contribution in [0, 0.1) is 6.92 Å². The van der Waals surface area contributed by atoms with Crippen molar-refractivity contribution >= 4 is 29.4 Å². The Morgan fingerprint density at radius 3 is 2.83 bits per heavy atom. The largest absolute Gasteiger partial charge is 0.482 e. The monoisotopic (exact) mass is 413 g/mol. The van der Waals surface area contributed by atoms with Crippen LogP contribution in [-0.2, 0) is 4.79 Å². The second-order valence-corrected chi connectivity index (χ2v) is 8.66. The molecule has 3 rings (SSSR count). The van der Waals surface area contributed by atoms with Gasteiger partial charge in [0.2, 0.25) is 0 Å². The van der Waals surface area contributed by atoms with E-state index in [1.807, 2.05) is 0 Å². The molecule has 0 unspecified atom stereocenters. The first-order valence-electron chi connectivity index (χ1n) is 9.76. The van der Waals surface area contributed by atoms with Crippen molar-refractivity contribution in [2.75, 3.05) is 18.6 Å². The summed E-state index contributed by atoms with van der Waals surface area (Å²) in [6, 6.07) is 11.4. The first-order valence-corrected chi connectivity index (χ1v) is 10.1. The number of hydrogen-bond donors (Lipinski definition) is 1. The molecule has 6 heteroatoms. The maximum absolute atomic E-state index is 12.0. The molecule has 0 aliphatic carbocycles. The van der Waals surface area contributed by atoms with E-state index in [1.165, 1.54) is 11.3 Å². The topological polar surface area (TPSA) is 53.9 Å². The number of anilines is 1. The number of carbonyl (C=O) groups excluding carboxylic acids is 1. The van der Waals surface area contributed by atoms with E-state index in [4.69, 9.17) is 16.3 Å². The van der Waals surface area contributed by atoms with Gasteiger partial charge in [-0.1, -0.05) is 30.7 Å². The van der Waals surface area contributed by atoms with E-state index in [-0.39, 0.29) is 18.1 Å². The predicted molar refractivity (Wildman–Crippen MR) is 119 cm³/mol. The van der Waals surface area contributed by atoms with Crippen LogP contribution in [-0.4, -0.2) is 31.3 Å². The molecule has 29 heavy (non-hydrogen) atoms. The second-order valence-electron chi connectivity index (χ2n) is 8.26. The van der Waals surface area contributed by atoms with Crippen molar-refractivity contribution < 1.29 is 9.53 Å². The third kappa shape index (κ3) is 4.73. The number of nitrogens with zero attached hydrogens (tertiary/aromatic N) is 2. The number of ether oxygens (including phenoxy) is 1. The Kier molecular flexibility index (Phi) is 6.18. The molecule has 0 aromatic heterocycles. The van der Waals surface area contributed by atoms with E-state index in [0.717, 1.165) is 17.5 Å². The number of aryl methyl sites for hydroxylation is 1. The van der Waals surface area contributed by atoms with Crippen molar-refractivity contribution in [1.82, 2.24) is 5.43 Å². The molecule has 154 valence electrons. The lowest BCUT2D eigenvalue weighted by Gasteiger charge is -2.45. The van der Waals surface area contributed by atoms with Crippen LogP contribution in [0.2, 0.25) is 5.02 Å². The fourth-order valence-corrected chi connectivity index (χ4v) is 3.98. The number of rotatable bonds is 5. The summed E-state index contributed by atoms with van der Waals surface area (Å²) in [6.45, 7) is 8.72. The van der Waals surface area contributed by atoms with Gasteiger partial charge in [0, 0.05) is 18.3 Å². The third-order valence-corrected chi connectivity index (χ3v) is 5.92. The Morgan fingerprint density at radius 2 is 2.10 bits per heavy atom. The van der Waals surface area contributed by atoms with Crippen LogP contribution in [0.3, 0.4) is 0 Å². The van der Waals surface area contributed by atoms with Gasteiger partial charge >= 0.3 is 0 Å². The molecule has 2 aromatic carbocycles. The summed E-state index contributed by atoms with van der Waals surface area (Å²) < 4.78 is 5.42. The highest BCUT2D eigenvalue weighted by Gasteiger charge is 2.34. The minimum atomic E-state index is -0.341. The molecule has 1 aliphatic rings. The predicted octanol–water partition coefficient (Wildman–Crippen LogP) is 4.90. The molecule has 5 nitrogen and oxygen atoms in total. The number of nitrogens with one attached hydrogen (secondary N) is 1. The molecular weight excluding hydrogens is 386 g/mol. The van der Waals surface area contributed by atoms with Crippen LogP contribution >= 0.6 is 11.6 Å². The van der Waals surface area contributed by atoms with E-state index < -0.39 is 0 Å². The molecule has 1 amide bonds. The average Bonchev–Trinajstić information content (AvgIpc) is 2.66. The summed E-state index contributed by atoms with van der Waals surface area (Å²) in [5.41, 5.74) is 7.33. The normalized spacial score (nSPS) is 17.9. The van der Waals surface area contributed by atoms with Gasteiger partial charge < -0.3 is 9.64 Å². The molecule has 0 fully saturated rings. The lowest BCUT2D eigenvalue weighted by atomic mass is 9.79. The smallest absolute Gasteiger partial charge is 0.277 e. The molecule has 0 bridgehead atoms. The quantitative estimate of drug-likeness (QED) is 0.560. The van der Waals surface area contributed by atoms with Gasteiger partial charge in [-0.25, -0.2) is 5.43 Å². The Morgan fingerprint density at radius 1 is 1.38 bits per heavy atom. The fraction of sp³-hybridized carbons (Fsp3) is 0.391. The molecule has 2 aromatic rings. The number of hydrogen-bond acceptors (Lipinski definition) is 4. The summed E-state index contributed by atoms with van der Waals surface area (Å²) >= 11 is 6.02. The van der Waals surface area contributed by atoms with Gasteiger partial charge in [-0.15, -0.1) is 0 Å². The van der Waals surface area contributed by atoms with Crippen molar-refractivity contribution in [3.8, 4) is 5.75 Å². The second kappa shape index (κ2) is 8.46. The van der Waals surface area contributed by atoms with E-state index >= 15 is 0 Å².